The van der Waals surface area contributed by atoms with E-state index in [1.54, 1.807) is 38.0 Å². The largest absolute Gasteiger partial charge is 0.497 e. The number of carbonyl (C=O) groups is 1. The third-order valence-corrected chi connectivity index (χ3v) is 5.45. The van der Waals surface area contributed by atoms with E-state index in [2.05, 4.69) is 5.32 Å². The van der Waals surface area contributed by atoms with Gasteiger partial charge in [-0.25, -0.2) is 4.79 Å². The highest BCUT2D eigenvalue weighted by Crippen LogP contribution is 2.43. The molecule has 1 heterocycles. The number of rotatable bonds is 5. The van der Waals surface area contributed by atoms with Crippen molar-refractivity contribution in [1.82, 2.24) is 4.90 Å². The van der Waals surface area contributed by atoms with Gasteiger partial charge in [-0.2, -0.15) is 0 Å². The molecule has 0 spiro atoms. The van der Waals surface area contributed by atoms with E-state index >= 15 is 0 Å². The predicted octanol–water partition coefficient (Wildman–Crippen LogP) is 3.99. The number of carbonyl (C=O) groups excluding carboxylic acids is 1. The first kappa shape index (κ1) is 18.3. The van der Waals surface area contributed by atoms with Crippen LogP contribution in [0.3, 0.4) is 0 Å². The Labute approximate surface area is 157 Å². The summed E-state index contributed by atoms with van der Waals surface area (Å²) >= 11 is 1.70. The number of amides is 2. The summed E-state index contributed by atoms with van der Waals surface area (Å²) in [4.78, 5) is 14.7. The lowest BCUT2D eigenvalue weighted by atomic mass is 10.1. The third-order valence-electron chi connectivity index (χ3n) is 4.20. The molecule has 2 aromatic rings. The number of benzene rings is 2. The molecule has 0 unspecified atom stereocenters. The number of methoxy groups -OCH3 is 3. The smallest absolute Gasteiger partial charge is 0.323 e. The summed E-state index contributed by atoms with van der Waals surface area (Å²) in [6.45, 7) is 0.649. The van der Waals surface area contributed by atoms with Crippen molar-refractivity contribution >= 4 is 23.5 Å². The van der Waals surface area contributed by atoms with Gasteiger partial charge in [-0.05, 0) is 30.3 Å². The number of anilines is 1. The van der Waals surface area contributed by atoms with Crippen molar-refractivity contribution in [2.24, 2.45) is 0 Å². The minimum absolute atomic E-state index is 0.144. The Morgan fingerprint density at radius 1 is 1.08 bits per heavy atom. The standard InChI is InChI=1S/C19H22N2O4S/c1-23-13-8-9-16(24-2)14(12-13)18-21(10-11-26-18)19(22)20-15-6-4-5-7-17(15)25-3/h4-9,12,18H,10-11H2,1-3H3,(H,20,22)/t18-/m0/s1. The normalized spacial score (nSPS) is 16.3. The zero-order chi connectivity index (χ0) is 18.5. The molecule has 0 bridgehead atoms. The summed E-state index contributed by atoms with van der Waals surface area (Å²) in [5.74, 6) is 2.95. The zero-order valence-corrected chi connectivity index (χ0v) is 15.8. The van der Waals surface area contributed by atoms with Crippen LogP contribution in [0.25, 0.3) is 0 Å². The van der Waals surface area contributed by atoms with E-state index in [0.717, 1.165) is 22.8 Å². The molecule has 0 aliphatic carbocycles. The molecule has 3 rings (SSSR count). The van der Waals surface area contributed by atoms with Crippen LogP contribution in [-0.4, -0.2) is 44.6 Å². The number of hydrogen-bond acceptors (Lipinski definition) is 5. The van der Waals surface area contributed by atoms with E-state index < -0.39 is 0 Å². The molecule has 1 saturated heterocycles. The van der Waals surface area contributed by atoms with Crippen LogP contribution in [0, 0.1) is 0 Å². The average Bonchev–Trinajstić information content (AvgIpc) is 3.17. The molecule has 6 nitrogen and oxygen atoms in total. The molecule has 0 aromatic heterocycles. The molecule has 1 aliphatic heterocycles. The highest BCUT2D eigenvalue weighted by molar-refractivity contribution is 7.99. The zero-order valence-electron chi connectivity index (χ0n) is 15.0. The summed E-state index contributed by atoms with van der Waals surface area (Å²) in [6.07, 6.45) is 0. The van der Waals surface area contributed by atoms with E-state index in [-0.39, 0.29) is 11.4 Å². The minimum Gasteiger partial charge on any atom is -0.497 e. The number of thioether (sulfide) groups is 1. The van der Waals surface area contributed by atoms with Gasteiger partial charge in [-0.3, -0.25) is 0 Å². The number of nitrogens with one attached hydrogen (secondary N) is 1. The molecule has 0 radical (unpaired) electrons. The Morgan fingerprint density at radius 3 is 2.58 bits per heavy atom. The molecule has 2 aromatic carbocycles. The van der Waals surface area contributed by atoms with Crippen LogP contribution in [0.15, 0.2) is 42.5 Å². The van der Waals surface area contributed by atoms with E-state index in [0.29, 0.717) is 18.0 Å². The van der Waals surface area contributed by atoms with Crippen LogP contribution < -0.4 is 19.5 Å². The third kappa shape index (κ3) is 3.67. The summed E-state index contributed by atoms with van der Waals surface area (Å²) in [7, 11) is 4.84. The first-order valence-corrected chi connectivity index (χ1v) is 9.27. The lowest BCUT2D eigenvalue weighted by Gasteiger charge is -2.26. The Balaban J connectivity index is 1.85. The highest BCUT2D eigenvalue weighted by Gasteiger charge is 2.33. The summed E-state index contributed by atoms with van der Waals surface area (Å²) < 4.78 is 16.1. The van der Waals surface area contributed by atoms with Crippen LogP contribution in [0.1, 0.15) is 10.9 Å². The fourth-order valence-electron chi connectivity index (χ4n) is 2.90. The van der Waals surface area contributed by atoms with E-state index in [4.69, 9.17) is 14.2 Å². The fraction of sp³-hybridized carbons (Fsp3) is 0.316. The maximum absolute atomic E-state index is 12.9. The van der Waals surface area contributed by atoms with Crippen LogP contribution in [0.2, 0.25) is 0 Å². The van der Waals surface area contributed by atoms with E-state index in [9.17, 15) is 4.79 Å². The van der Waals surface area contributed by atoms with Gasteiger partial charge in [0.1, 0.15) is 22.6 Å². The van der Waals surface area contributed by atoms with Crippen molar-refractivity contribution in [2.45, 2.75) is 5.37 Å². The van der Waals surface area contributed by atoms with Gasteiger partial charge in [0.05, 0.1) is 27.0 Å². The van der Waals surface area contributed by atoms with E-state index in [1.807, 2.05) is 42.5 Å². The van der Waals surface area contributed by atoms with Gasteiger partial charge in [0.25, 0.3) is 0 Å². The van der Waals surface area contributed by atoms with Crippen LogP contribution in [0.4, 0.5) is 10.5 Å². The minimum atomic E-state index is -0.172. The summed E-state index contributed by atoms with van der Waals surface area (Å²) in [6, 6.07) is 12.8. The van der Waals surface area contributed by atoms with Crippen molar-refractivity contribution in [3.8, 4) is 17.2 Å². The first-order chi connectivity index (χ1) is 12.7. The summed E-state index contributed by atoms with van der Waals surface area (Å²) in [5.41, 5.74) is 1.57. The van der Waals surface area contributed by atoms with Crippen LogP contribution >= 0.6 is 11.8 Å². The Bertz CT molecular complexity index is 784. The fourth-order valence-corrected chi connectivity index (χ4v) is 4.17. The van der Waals surface area contributed by atoms with Crippen molar-refractivity contribution in [3.05, 3.63) is 48.0 Å². The average molecular weight is 374 g/mol. The number of urea groups is 1. The van der Waals surface area contributed by atoms with Gasteiger partial charge in [0.15, 0.2) is 0 Å². The first-order valence-electron chi connectivity index (χ1n) is 8.22. The molecule has 1 N–H and O–H groups in total. The van der Waals surface area contributed by atoms with Gasteiger partial charge in [0, 0.05) is 17.9 Å². The van der Waals surface area contributed by atoms with E-state index in [1.165, 1.54) is 0 Å². The Morgan fingerprint density at radius 2 is 1.85 bits per heavy atom. The molecule has 1 aliphatic rings. The molecule has 0 saturated carbocycles. The topological polar surface area (TPSA) is 60.0 Å². The molecule has 7 heteroatoms. The van der Waals surface area contributed by atoms with Crippen molar-refractivity contribution < 1.29 is 19.0 Å². The molecular formula is C19H22N2O4S. The lowest BCUT2D eigenvalue weighted by Crippen LogP contribution is -2.34. The Hall–Kier alpha value is -2.54. The molecule has 138 valence electrons. The second-order valence-electron chi connectivity index (χ2n) is 5.65. The maximum atomic E-state index is 12.9. The maximum Gasteiger partial charge on any atom is 0.323 e. The summed E-state index contributed by atoms with van der Waals surface area (Å²) in [5, 5.41) is 2.80. The quantitative estimate of drug-likeness (QED) is 0.857. The monoisotopic (exact) mass is 374 g/mol. The van der Waals surface area contributed by atoms with Crippen molar-refractivity contribution in [1.29, 1.82) is 0 Å². The number of ether oxygens (including phenoxy) is 3. The highest BCUT2D eigenvalue weighted by atomic mass is 32.2. The van der Waals surface area contributed by atoms with Gasteiger partial charge < -0.3 is 24.4 Å². The second kappa shape index (κ2) is 8.23. The molecule has 1 fully saturated rings. The predicted molar refractivity (Wildman–Crippen MR) is 103 cm³/mol. The van der Waals surface area contributed by atoms with Crippen LogP contribution in [-0.2, 0) is 0 Å². The lowest BCUT2D eigenvalue weighted by molar-refractivity contribution is 0.213. The number of hydrogen-bond donors (Lipinski definition) is 1. The number of para-hydroxylation sites is 2. The SMILES string of the molecule is COc1ccc(OC)c([C@@H]2SCCN2C(=O)Nc2ccccc2OC)c1. The Kier molecular flexibility index (Phi) is 5.78. The molecular weight excluding hydrogens is 352 g/mol. The van der Waals surface area contributed by atoms with Gasteiger partial charge in [-0.1, -0.05) is 12.1 Å². The van der Waals surface area contributed by atoms with Crippen molar-refractivity contribution in [2.75, 3.05) is 38.9 Å². The van der Waals surface area contributed by atoms with Gasteiger partial charge >= 0.3 is 6.03 Å². The molecule has 1 atom stereocenters. The second-order valence-corrected chi connectivity index (χ2v) is 6.84. The van der Waals surface area contributed by atoms with Gasteiger partial charge in [0.2, 0.25) is 0 Å². The molecule has 2 amide bonds. The molecule has 26 heavy (non-hydrogen) atoms. The van der Waals surface area contributed by atoms with Crippen LogP contribution in [0.5, 0.6) is 17.2 Å². The van der Waals surface area contributed by atoms with Gasteiger partial charge in [-0.15, -0.1) is 11.8 Å². The van der Waals surface area contributed by atoms with Crippen molar-refractivity contribution in [3.63, 3.8) is 0 Å². The number of nitrogens with zero attached hydrogens (tertiary/aromatic N) is 1.